The van der Waals surface area contributed by atoms with Gasteiger partial charge in [0, 0.05) is 12.1 Å². The third-order valence-corrected chi connectivity index (χ3v) is 3.46. The van der Waals surface area contributed by atoms with Gasteiger partial charge in [0.1, 0.15) is 11.4 Å². The number of hydrogen-bond acceptors (Lipinski definition) is 3. The maximum absolute atomic E-state index is 12.3. The molecule has 116 valence electrons. The molecule has 2 aromatic rings. The fourth-order valence-corrected chi connectivity index (χ4v) is 2.40. The van der Waals surface area contributed by atoms with Crippen molar-refractivity contribution in [2.45, 2.75) is 20.1 Å². The summed E-state index contributed by atoms with van der Waals surface area (Å²) in [6.45, 7) is -0.502. The first-order valence-corrected chi connectivity index (χ1v) is 7.29. The van der Waals surface area contributed by atoms with E-state index in [-0.39, 0.29) is 11.5 Å². The maximum atomic E-state index is 12.3. The number of benzene rings is 1. The summed E-state index contributed by atoms with van der Waals surface area (Å²) in [6.07, 6.45) is 4.29. The molecule has 0 saturated carbocycles. The Labute approximate surface area is 134 Å². The zero-order valence-corrected chi connectivity index (χ0v) is 13.3. The first-order valence-electron chi connectivity index (χ1n) is 6.50. The normalized spacial score (nSPS) is 11.3. The van der Waals surface area contributed by atoms with E-state index in [1.54, 1.807) is 29.1 Å². The number of allylic oxidation sites excluding steroid dienone is 1. The molecule has 2 rings (SSSR count). The van der Waals surface area contributed by atoms with Crippen molar-refractivity contribution in [1.82, 2.24) is 9.78 Å². The molecular weight excluding hydrogens is 358 g/mol. The number of ketones is 1. The van der Waals surface area contributed by atoms with E-state index in [2.05, 4.69) is 25.8 Å². The molecule has 0 N–H and O–H groups in total. The van der Waals surface area contributed by atoms with Gasteiger partial charge in [0.2, 0.25) is 5.78 Å². The van der Waals surface area contributed by atoms with Gasteiger partial charge in [-0.25, -0.2) is 0 Å². The molecule has 0 fully saturated rings. The second kappa shape index (κ2) is 7.31. The van der Waals surface area contributed by atoms with Crippen molar-refractivity contribution < 1.29 is 18.3 Å². The van der Waals surface area contributed by atoms with Crippen LogP contribution in [0.25, 0.3) is 6.08 Å². The standard InChI is InChI=1S/C15H13BrF2N2O2/c1-2-20-14(11(16)9-19-20)12(21)8-7-10-5-3-4-6-13(10)22-15(17)18/h3-9,15H,2H2,1H3. The molecule has 0 unspecified atom stereocenters. The number of nitrogens with zero attached hydrogens (tertiary/aromatic N) is 2. The third-order valence-electron chi connectivity index (χ3n) is 2.88. The SMILES string of the molecule is CCn1ncc(Br)c1C(=O)C=Cc1ccccc1OC(F)F. The number of ether oxygens (including phenoxy) is 1. The van der Waals surface area contributed by atoms with Crippen LogP contribution in [0.1, 0.15) is 23.0 Å². The summed E-state index contributed by atoms with van der Waals surface area (Å²) in [5, 5.41) is 4.06. The Balaban J connectivity index is 2.25. The fourth-order valence-electron chi connectivity index (χ4n) is 1.91. The number of alkyl halides is 2. The van der Waals surface area contributed by atoms with E-state index >= 15 is 0 Å². The highest BCUT2D eigenvalue weighted by atomic mass is 79.9. The van der Waals surface area contributed by atoms with Crippen molar-refractivity contribution in [2.24, 2.45) is 0 Å². The van der Waals surface area contributed by atoms with Gasteiger partial charge >= 0.3 is 6.61 Å². The van der Waals surface area contributed by atoms with E-state index < -0.39 is 6.61 Å². The summed E-state index contributed by atoms with van der Waals surface area (Å²) in [7, 11) is 0. The van der Waals surface area contributed by atoms with Crippen LogP contribution in [0.5, 0.6) is 5.75 Å². The highest BCUT2D eigenvalue weighted by molar-refractivity contribution is 9.10. The molecule has 0 saturated heterocycles. The van der Waals surface area contributed by atoms with E-state index in [0.29, 0.717) is 22.3 Å². The molecule has 0 atom stereocenters. The quantitative estimate of drug-likeness (QED) is 0.566. The minimum Gasteiger partial charge on any atom is -0.434 e. The number of rotatable bonds is 6. The van der Waals surface area contributed by atoms with E-state index in [1.807, 2.05) is 6.92 Å². The van der Waals surface area contributed by atoms with Gasteiger partial charge in [-0.1, -0.05) is 18.2 Å². The predicted octanol–water partition coefficient (Wildman–Crippen LogP) is 4.16. The zero-order chi connectivity index (χ0) is 16.1. The van der Waals surface area contributed by atoms with Gasteiger partial charge in [-0.15, -0.1) is 0 Å². The Kier molecular flexibility index (Phi) is 5.43. The summed E-state index contributed by atoms with van der Waals surface area (Å²) in [6, 6.07) is 6.27. The van der Waals surface area contributed by atoms with Crippen LogP contribution in [0.15, 0.2) is 41.0 Å². The monoisotopic (exact) mass is 370 g/mol. The summed E-state index contributed by atoms with van der Waals surface area (Å²) >= 11 is 3.27. The first-order chi connectivity index (χ1) is 10.5. The van der Waals surface area contributed by atoms with E-state index in [4.69, 9.17) is 0 Å². The predicted molar refractivity (Wildman–Crippen MR) is 82.0 cm³/mol. The Morgan fingerprint density at radius 2 is 2.18 bits per heavy atom. The number of halogens is 3. The first kappa shape index (κ1) is 16.4. The Bertz CT molecular complexity index is 699. The molecule has 4 nitrogen and oxygen atoms in total. The molecule has 7 heteroatoms. The van der Waals surface area contributed by atoms with Gasteiger partial charge in [0.05, 0.1) is 10.7 Å². The van der Waals surface area contributed by atoms with Gasteiger partial charge < -0.3 is 4.74 Å². The number of para-hydroxylation sites is 1. The van der Waals surface area contributed by atoms with Crippen LogP contribution in [0, 0.1) is 0 Å². The molecule has 0 radical (unpaired) electrons. The molecule has 0 aliphatic heterocycles. The van der Waals surface area contributed by atoms with Crippen molar-refractivity contribution in [3.63, 3.8) is 0 Å². The van der Waals surface area contributed by atoms with Gasteiger partial charge in [-0.05, 0) is 41.1 Å². The molecule has 1 heterocycles. The van der Waals surface area contributed by atoms with Crippen LogP contribution in [-0.4, -0.2) is 22.2 Å². The van der Waals surface area contributed by atoms with Crippen LogP contribution in [0.2, 0.25) is 0 Å². The van der Waals surface area contributed by atoms with Gasteiger partial charge in [0.25, 0.3) is 0 Å². The van der Waals surface area contributed by atoms with Crippen LogP contribution >= 0.6 is 15.9 Å². The van der Waals surface area contributed by atoms with Crippen molar-refractivity contribution in [2.75, 3.05) is 0 Å². The van der Waals surface area contributed by atoms with E-state index in [9.17, 15) is 13.6 Å². The minimum absolute atomic E-state index is 0.0182. The highest BCUT2D eigenvalue weighted by Gasteiger charge is 2.14. The average molecular weight is 371 g/mol. The van der Waals surface area contributed by atoms with Gasteiger partial charge in [-0.3, -0.25) is 9.48 Å². The minimum atomic E-state index is -2.92. The Morgan fingerprint density at radius 3 is 2.86 bits per heavy atom. The Morgan fingerprint density at radius 1 is 1.45 bits per heavy atom. The van der Waals surface area contributed by atoms with Crippen LogP contribution in [-0.2, 0) is 6.54 Å². The van der Waals surface area contributed by atoms with Crippen LogP contribution < -0.4 is 4.74 Å². The average Bonchev–Trinajstić information content (AvgIpc) is 2.86. The molecule has 0 spiro atoms. The summed E-state index contributed by atoms with van der Waals surface area (Å²) in [5.74, 6) is -0.261. The topological polar surface area (TPSA) is 44.1 Å². The molecule has 1 aromatic carbocycles. The van der Waals surface area contributed by atoms with Crippen molar-refractivity contribution in [3.05, 3.63) is 52.3 Å². The molecule has 0 aliphatic carbocycles. The summed E-state index contributed by atoms with van der Waals surface area (Å²) in [4.78, 5) is 12.2. The zero-order valence-electron chi connectivity index (χ0n) is 11.7. The fraction of sp³-hybridized carbons (Fsp3) is 0.200. The lowest BCUT2D eigenvalue weighted by Crippen LogP contribution is -2.08. The maximum Gasteiger partial charge on any atom is 0.387 e. The van der Waals surface area contributed by atoms with Gasteiger partial charge in [-0.2, -0.15) is 13.9 Å². The lowest BCUT2D eigenvalue weighted by atomic mass is 10.1. The number of carbonyl (C=O) groups excluding carboxylic acids is 1. The van der Waals surface area contributed by atoms with Crippen molar-refractivity contribution >= 4 is 27.8 Å². The smallest absolute Gasteiger partial charge is 0.387 e. The van der Waals surface area contributed by atoms with Crippen molar-refractivity contribution in [3.8, 4) is 5.75 Å². The Hall–Kier alpha value is -2.02. The molecule has 0 amide bonds. The number of aryl methyl sites for hydroxylation is 1. The second-order valence-corrected chi connectivity index (χ2v) is 5.13. The van der Waals surface area contributed by atoms with Crippen molar-refractivity contribution in [1.29, 1.82) is 0 Å². The molecule has 22 heavy (non-hydrogen) atoms. The van der Waals surface area contributed by atoms with Crippen LogP contribution in [0.3, 0.4) is 0 Å². The number of aromatic nitrogens is 2. The molecular formula is C15H13BrF2N2O2. The van der Waals surface area contributed by atoms with E-state index in [0.717, 1.165) is 0 Å². The van der Waals surface area contributed by atoms with E-state index in [1.165, 1.54) is 18.2 Å². The highest BCUT2D eigenvalue weighted by Crippen LogP contribution is 2.22. The van der Waals surface area contributed by atoms with Gasteiger partial charge in [0.15, 0.2) is 0 Å². The molecule has 0 aliphatic rings. The third kappa shape index (κ3) is 3.79. The lowest BCUT2D eigenvalue weighted by molar-refractivity contribution is -0.0499. The number of hydrogen-bond donors (Lipinski definition) is 0. The second-order valence-electron chi connectivity index (χ2n) is 4.27. The number of carbonyl (C=O) groups is 1. The lowest BCUT2D eigenvalue weighted by Gasteiger charge is -2.07. The van der Waals surface area contributed by atoms with Crippen LogP contribution in [0.4, 0.5) is 8.78 Å². The largest absolute Gasteiger partial charge is 0.434 e. The molecule has 1 aromatic heterocycles. The summed E-state index contributed by atoms with van der Waals surface area (Å²) in [5.41, 5.74) is 0.806. The summed E-state index contributed by atoms with van der Waals surface area (Å²) < 4.78 is 31.2. The molecule has 0 bridgehead atoms.